The van der Waals surface area contributed by atoms with Gasteiger partial charge < -0.3 is 20.1 Å². The number of carbonyl (C=O) groups is 2. The summed E-state index contributed by atoms with van der Waals surface area (Å²) in [4.78, 5) is 34.7. The van der Waals surface area contributed by atoms with E-state index in [9.17, 15) is 19.0 Å². The summed E-state index contributed by atoms with van der Waals surface area (Å²) >= 11 is 0. The molecule has 0 saturated carbocycles. The summed E-state index contributed by atoms with van der Waals surface area (Å²) < 4.78 is 32.6. The van der Waals surface area contributed by atoms with Crippen LogP contribution in [0.2, 0.25) is 0 Å². The summed E-state index contributed by atoms with van der Waals surface area (Å²) in [6.45, 7) is 3.68. The van der Waals surface area contributed by atoms with E-state index in [0.717, 1.165) is 57.8 Å². The Balaban J connectivity index is 4.23. The topological polar surface area (TPSA) is 134 Å². The highest BCUT2D eigenvalue weighted by Gasteiger charge is 2.25. The molecule has 1 unspecified atom stereocenters. The van der Waals surface area contributed by atoms with Crippen LogP contribution in [0, 0.1) is 0 Å². The number of phosphoric acid groups is 1. The second-order valence-electron chi connectivity index (χ2n) is 12.8. The summed E-state index contributed by atoms with van der Waals surface area (Å²) in [5, 5.41) is 0. The number of phosphoric ester groups is 1. The molecule has 2 atom stereocenters. The van der Waals surface area contributed by atoms with Crippen LogP contribution in [0.3, 0.4) is 0 Å². The third-order valence-corrected chi connectivity index (χ3v) is 9.07. The highest BCUT2D eigenvalue weighted by atomic mass is 31.2. The van der Waals surface area contributed by atoms with Crippen molar-refractivity contribution in [1.82, 2.24) is 0 Å². The van der Waals surface area contributed by atoms with Crippen molar-refractivity contribution in [1.29, 1.82) is 0 Å². The van der Waals surface area contributed by atoms with Crippen molar-refractivity contribution in [2.24, 2.45) is 5.73 Å². The number of carbonyl (C=O) groups excluding carboxylic acids is 2. The predicted octanol–water partition coefficient (Wildman–Crippen LogP) is 10.4. The Morgan fingerprint density at radius 3 is 1.62 bits per heavy atom. The van der Waals surface area contributed by atoms with Gasteiger partial charge in [0.2, 0.25) is 0 Å². The molecule has 0 aliphatic carbocycles. The smallest absolute Gasteiger partial charge is 0.462 e. The summed E-state index contributed by atoms with van der Waals surface area (Å²) in [5.41, 5.74) is 5.33. The van der Waals surface area contributed by atoms with E-state index in [1.807, 2.05) is 0 Å². The fourth-order valence-electron chi connectivity index (χ4n) is 5.19. The molecule has 0 bridgehead atoms. The van der Waals surface area contributed by atoms with Crippen molar-refractivity contribution in [3.8, 4) is 0 Å². The Bertz CT molecular complexity index is 851. The molecule has 0 aromatic carbocycles. The number of allylic oxidation sites excluding steroid dienone is 4. The van der Waals surface area contributed by atoms with E-state index in [1.54, 1.807) is 0 Å². The minimum absolute atomic E-state index is 0.0527. The molecule has 0 aliphatic rings. The Hall–Kier alpha value is -1.51. The van der Waals surface area contributed by atoms with Crippen LogP contribution in [0.1, 0.15) is 174 Å². The molecule has 3 N–H and O–H groups in total. The Labute approximate surface area is 293 Å². The van der Waals surface area contributed by atoms with Gasteiger partial charge in [-0.2, -0.15) is 0 Å². The molecule has 10 heteroatoms. The van der Waals surface area contributed by atoms with Gasteiger partial charge in [-0.25, -0.2) is 4.57 Å². The van der Waals surface area contributed by atoms with Crippen LogP contribution >= 0.6 is 7.82 Å². The first-order chi connectivity index (χ1) is 23.3. The molecule has 0 radical (unpaired) electrons. The van der Waals surface area contributed by atoms with Crippen molar-refractivity contribution in [2.75, 3.05) is 26.4 Å². The standard InChI is InChI=1S/C38H72NO8P/c1-3-5-7-9-11-13-15-17-18-19-21-22-24-26-28-30-37(40)44-34-36(35-46-48(42,43)45-33-32-39)47-38(41)31-29-27-25-23-20-16-14-12-10-8-6-4-2/h11,13,17-18,36H,3-10,12,14-16,19-35,39H2,1-2H3,(H,42,43)/t36-/m1/s1. The number of esters is 2. The summed E-state index contributed by atoms with van der Waals surface area (Å²) in [6.07, 6.45) is 34.9. The van der Waals surface area contributed by atoms with Crippen molar-refractivity contribution < 1.29 is 37.6 Å². The lowest BCUT2D eigenvalue weighted by Gasteiger charge is -2.19. The number of rotatable bonds is 36. The van der Waals surface area contributed by atoms with E-state index in [1.165, 1.54) is 83.5 Å². The van der Waals surface area contributed by atoms with Crippen LogP contribution in [0.15, 0.2) is 24.3 Å². The highest BCUT2D eigenvalue weighted by molar-refractivity contribution is 7.47. The predicted molar refractivity (Wildman–Crippen MR) is 197 cm³/mol. The maximum Gasteiger partial charge on any atom is 0.472 e. The van der Waals surface area contributed by atoms with Crippen LogP contribution in [0.25, 0.3) is 0 Å². The average molecular weight is 702 g/mol. The maximum absolute atomic E-state index is 12.5. The van der Waals surface area contributed by atoms with E-state index in [0.29, 0.717) is 6.42 Å². The quantitative estimate of drug-likeness (QED) is 0.0283. The minimum Gasteiger partial charge on any atom is -0.462 e. The summed E-state index contributed by atoms with van der Waals surface area (Å²) in [7, 11) is -4.37. The monoisotopic (exact) mass is 701 g/mol. The van der Waals surface area contributed by atoms with Crippen molar-refractivity contribution in [3.05, 3.63) is 24.3 Å². The number of hydrogen-bond donors (Lipinski definition) is 2. The normalized spacial score (nSPS) is 13.7. The zero-order valence-electron chi connectivity index (χ0n) is 30.7. The minimum atomic E-state index is -4.37. The molecule has 48 heavy (non-hydrogen) atoms. The SMILES string of the molecule is CCCCCC=CCC=CCCCCCCCC(=O)OC[C@H](COP(=O)(O)OCCN)OC(=O)CCCCCCCCCCCCCC. The van der Waals surface area contributed by atoms with Gasteiger partial charge in [-0.15, -0.1) is 0 Å². The van der Waals surface area contributed by atoms with E-state index >= 15 is 0 Å². The van der Waals surface area contributed by atoms with Gasteiger partial charge in [-0.05, 0) is 44.9 Å². The Kier molecular flexibility index (Phi) is 34.2. The molecule has 0 aliphatic heterocycles. The molecular formula is C38H72NO8P. The third-order valence-electron chi connectivity index (χ3n) is 8.09. The fraction of sp³-hybridized carbons (Fsp3) is 0.842. The van der Waals surface area contributed by atoms with Crippen LogP contribution < -0.4 is 5.73 Å². The van der Waals surface area contributed by atoms with E-state index in [2.05, 4.69) is 38.2 Å². The van der Waals surface area contributed by atoms with Gasteiger partial charge in [-0.3, -0.25) is 18.6 Å². The Morgan fingerprint density at radius 1 is 0.625 bits per heavy atom. The first-order valence-corrected chi connectivity index (χ1v) is 20.8. The van der Waals surface area contributed by atoms with E-state index < -0.39 is 32.5 Å². The van der Waals surface area contributed by atoms with Gasteiger partial charge in [0.25, 0.3) is 0 Å². The molecule has 0 aromatic heterocycles. The number of nitrogens with two attached hydrogens (primary N) is 1. The van der Waals surface area contributed by atoms with Crippen LogP contribution in [-0.2, 0) is 32.7 Å². The number of hydrogen-bond acceptors (Lipinski definition) is 8. The van der Waals surface area contributed by atoms with Gasteiger partial charge >= 0.3 is 19.8 Å². The molecule has 0 amide bonds. The molecule has 0 saturated heterocycles. The maximum atomic E-state index is 12.5. The van der Waals surface area contributed by atoms with Crippen LogP contribution in [0.5, 0.6) is 0 Å². The zero-order chi connectivity index (χ0) is 35.4. The lowest BCUT2D eigenvalue weighted by Crippen LogP contribution is -2.29. The molecule has 0 fully saturated rings. The third kappa shape index (κ3) is 34.4. The number of unbranched alkanes of at least 4 members (excludes halogenated alkanes) is 19. The first-order valence-electron chi connectivity index (χ1n) is 19.3. The second-order valence-corrected chi connectivity index (χ2v) is 14.3. The molecule has 9 nitrogen and oxygen atoms in total. The molecular weight excluding hydrogens is 629 g/mol. The molecule has 282 valence electrons. The lowest BCUT2D eigenvalue weighted by molar-refractivity contribution is -0.161. The Morgan fingerprint density at radius 2 is 1.08 bits per heavy atom. The van der Waals surface area contributed by atoms with E-state index in [-0.39, 0.29) is 32.6 Å². The van der Waals surface area contributed by atoms with Crippen molar-refractivity contribution >= 4 is 19.8 Å². The molecule has 0 heterocycles. The van der Waals surface area contributed by atoms with Crippen molar-refractivity contribution in [2.45, 2.75) is 180 Å². The average Bonchev–Trinajstić information content (AvgIpc) is 3.07. The summed E-state index contributed by atoms with van der Waals surface area (Å²) in [6, 6.07) is 0. The van der Waals surface area contributed by atoms with Gasteiger partial charge in [0.05, 0.1) is 13.2 Å². The molecule has 0 rings (SSSR count). The first kappa shape index (κ1) is 46.5. The van der Waals surface area contributed by atoms with Crippen molar-refractivity contribution in [3.63, 3.8) is 0 Å². The van der Waals surface area contributed by atoms with E-state index in [4.69, 9.17) is 24.3 Å². The number of ether oxygens (including phenoxy) is 2. The largest absolute Gasteiger partial charge is 0.472 e. The van der Waals surface area contributed by atoms with Gasteiger partial charge in [0.1, 0.15) is 6.61 Å². The zero-order valence-corrected chi connectivity index (χ0v) is 31.6. The lowest BCUT2D eigenvalue weighted by atomic mass is 10.0. The van der Waals surface area contributed by atoms with Crippen LogP contribution in [-0.4, -0.2) is 49.3 Å². The van der Waals surface area contributed by atoms with Gasteiger partial charge in [-0.1, -0.05) is 141 Å². The second kappa shape index (κ2) is 35.3. The van der Waals surface area contributed by atoms with Crippen LogP contribution in [0.4, 0.5) is 0 Å². The molecule has 0 aromatic rings. The molecule has 0 spiro atoms. The van der Waals surface area contributed by atoms with Gasteiger partial charge in [0.15, 0.2) is 6.10 Å². The highest BCUT2D eigenvalue weighted by Crippen LogP contribution is 2.43. The van der Waals surface area contributed by atoms with Gasteiger partial charge in [0, 0.05) is 19.4 Å². The fourth-order valence-corrected chi connectivity index (χ4v) is 5.96. The summed E-state index contributed by atoms with van der Waals surface area (Å²) in [5.74, 6) is -0.842.